The molecule has 0 bridgehead atoms. The molecule has 0 aliphatic carbocycles. The highest BCUT2D eigenvalue weighted by Gasteiger charge is 2.24. The molecule has 0 saturated carbocycles. The topological polar surface area (TPSA) is 90.2 Å². The van der Waals surface area contributed by atoms with Gasteiger partial charge in [-0.15, -0.1) is 0 Å². The van der Waals surface area contributed by atoms with Crippen molar-refractivity contribution in [2.45, 2.75) is 18.2 Å². The van der Waals surface area contributed by atoms with Gasteiger partial charge in [0.05, 0.1) is 28.3 Å². The first-order valence-corrected chi connectivity index (χ1v) is 12.8. The molecule has 0 radical (unpaired) electrons. The summed E-state index contributed by atoms with van der Waals surface area (Å²) in [4.78, 5) is 17.7. The van der Waals surface area contributed by atoms with Gasteiger partial charge in [0.25, 0.3) is 5.91 Å². The van der Waals surface area contributed by atoms with Gasteiger partial charge in [0.1, 0.15) is 0 Å². The van der Waals surface area contributed by atoms with Crippen LogP contribution in [0.4, 0.5) is 0 Å². The Morgan fingerprint density at radius 3 is 2.27 bits per heavy atom. The average Bonchev–Trinajstić information content (AvgIpc) is 3.13. The Hall–Kier alpha value is -2.37. The molecule has 3 rings (SSSR count). The molecular formula is C23H29N3O5S2. The Balaban J connectivity index is 1.86. The highest BCUT2D eigenvalue weighted by Crippen LogP contribution is 2.20. The Morgan fingerprint density at radius 1 is 1.06 bits per heavy atom. The Labute approximate surface area is 198 Å². The second kappa shape index (κ2) is 11.2. The first-order valence-electron chi connectivity index (χ1n) is 10.6. The molecular weight excluding hydrogens is 462 g/mol. The molecule has 0 saturated heterocycles. The van der Waals surface area contributed by atoms with Crippen LogP contribution >= 0.6 is 11.3 Å². The predicted octanol–water partition coefficient (Wildman–Crippen LogP) is 2.83. The zero-order valence-electron chi connectivity index (χ0n) is 19.3. The summed E-state index contributed by atoms with van der Waals surface area (Å²) in [7, 11) is 1.16. The number of hydrogen-bond acceptors (Lipinski definition) is 6. The van der Waals surface area contributed by atoms with Crippen LogP contribution in [0.1, 0.15) is 22.8 Å². The number of carbonyl (C=O) groups is 1. The van der Waals surface area contributed by atoms with Crippen LogP contribution in [-0.4, -0.2) is 63.7 Å². The van der Waals surface area contributed by atoms with E-state index in [0.717, 1.165) is 16.6 Å². The van der Waals surface area contributed by atoms with Crippen molar-refractivity contribution in [2.75, 3.05) is 40.5 Å². The molecule has 0 spiro atoms. The van der Waals surface area contributed by atoms with Crippen LogP contribution < -0.4 is 4.80 Å². The van der Waals surface area contributed by atoms with Gasteiger partial charge in [0.15, 0.2) is 4.80 Å². The molecule has 1 heterocycles. The van der Waals surface area contributed by atoms with Crippen molar-refractivity contribution in [3.05, 3.63) is 58.4 Å². The molecule has 1 amide bonds. The fraction of sp³-hybridized carbons (Fsp3) is 0.391. The minimum absolute atomic E-state index is 0.103. The largest absolute Gasteiger partial charge is 0.383 e. The number of rotatable bonds is 10. The standard InChI is InChI=1S/C23H29N3O5S2/c1-5-17-6-11-20-21(16-17)32-23(25(20)2)24-22(27)18-7-9-19(10-8-18)33(28,29)26(12-14-30-3)13-15-31-4/h6-11,16H,5,12-15H2,1-4H3. The molecule has 0 N–H and O–H groups in total. The molecule has 0 atom stereocenters. The first kappa shape index (κ1) is 25.3. The maximum Gasteiger partial charge on any atom is 0.279 e. The van der Waals surface area contributed by atoms with Gasteiger partial charge in [-0.2, -0.15) is 9.30 Å². The molecule has 0 aliphatic rings. The number of carbonyl (C=O) groups excluding carboxylic acids is 1. The fourth-order valence-electron chi connectivity index (χ4n) is 3.31. The van der Waals surface area contributed by atoms with Crippen molar-refractivity contribution in [3.8, 4) is 0 Å². The first-order chi connectivity index (χ1) is 15.8. The summed E-state index contributed by atoms with van der Waals surface area (Å²) >= 11 is 1.45. The van der Waals surface area contributed by atoms with Crippen molar-refractivity contribution in [3.63, 3.8) is 0 Å². The molecule has 33 heavy (non-hydrogen) atoms. The fourth-order valence-corrected chi connectivity index (χ4v) is 5.80. The van der Waals surface area contributed by atoms with Gasteiger partial charge in [-0.3, -0.25) is 4.79 Å². The van der Waals surface area contributed by atoms with Gasteiger partial charge in [-0.1, -0.05) is 24.3 Å². The lowest BCUT2D eigenvalue weighted by Crippen LogP contribution is -2.36. The van der Waals surface area contributed by atoms with Gasteiger partial charge in [0.2, 0.25) is 10.0 Å². The number of aromatic nitrogens is 1. The maximum absolute atomic E-state index is 13.0. The molecule has 1 aromatic heterocycles. The number of ether oxygens (including phenoxy) is 2. The third-order valence-electron chi connectivity index (χ3n) is 5.31. The summed E-state index contributed by atoms with van der Waals surface area (Å²) < 4.78 is 40.4. The van der Waals surface area contributed by atoms with Crippen LogP contribution in [0.15, 0.2) is 52.4 Å². The highest BCUT2D eigenvalue weighted by molar-refractivity contribution is 7.89. The van der Waals surface area contributed by atoms with Gasteiger partial charge in [-0.05, 0) is 48.4 Å². The molecule has 0 fully saturated rings. The summed E-state index contributed by atoms with van der Waals surface area (Å²) in [5.74, 6) is -0.424. The van der Waals surface area contributed by atoms with Crippen molar-refractivity contribution >= 4 is 37.5 Å². The van der Waals surface area contributed by atoms with Crippen molar-refractivity contribution in [2.24, 2.45) is 12.0 Å². The zero-order valence-corrected chi connectivity index (χ0v) is 20.9. The second-order valence-electron chi connectivity index (χ2n) is 7.43. The van der Waals surface area contributed by atoms with E-state index in [0.29, 0.717) is 10.4 Å². The number of methoxy groups -OCH3 is 2. The maximum atomic E-state index is 13.0. The summed E-state index contributed by atoms with van der Waals surface area (Å²) in [6, 6.07) is 12.1. The van der Waals surface area contributed by atoms with Gasteiger partial charge in [-0.25, -0.2) is 8.42 Å². The third kappa shape index (κ3) is 5.77. The van der Waals surface area contributed by atoms with E-state index >= 15 is 0 Å². The van der Waals surface area contributed by atoms with Gasteiger partial charge >= 0.3 is 0 Å². The number of amides is 1. The van der Waals surface area contributed by atoms with E-state index in [-0.39, 0.29) is 31.2 Å². The number of aryl methyl sites for hydroxylation is 2. The summed E-state index contributed by atoms with van der Waals surface area (Å²) in [5, 5.41) is 0. The number of sulfonamides is 1. The molecule has 178 valence electrons. The number of thiazole rings is 1. The molecule has 3 aromatic rings. The number of fused-ring (bicyclic) bond motifs is 1. The van der Waals surface area contributed by atoms with Crippen LogP contribution in [0.25, 0.3) is 10.2 Å². The minimum atomic E-state index is -3.75. The van der Waals surface area contributed by atoms with Crippen molar-refractivity contribution in [1.29, 1.82) is 0 Å². The molecule has 0 unspecified atom stereocenters. The zero-order chi connectivity index (χ0) is 24.0. The smallest absolute Gasteiger partial charge is 0.279 e. The van der Waals surface area contributed by atoms with E-state index in [4.69, 9.17) is 9.47 Å². The van der Waals surface area contributed by atoms with Crippen molar-refractivity contribution < 1.29 is 22.7 Å². The lowest BCUT2D eigenvalue weighted by atomic mass is 10.2. The highest BCUT2D eigenvalue weighted by atomic mass is 32.2. The second-order valence-corrected chi connectivity index (χ2v) is 10.4. The van der Waals surface area contributed by atoms with Crippen LogP contribution in [0.5, 0.6) is 0 Å². The average molecular weight is 492 g/mol. The minimum Gasteiger partial charge on any atom is -0.383 e. The van der Waals surface area contributed by atoms with Gasteiger partial charge < -0.3 is 14.0 Å². The van der Waals surface area contributed by atoms with E-state index in [1.54, 1.807) is 0 Å². The molecule has 2 aromatic carbocycles. The summed E-state index contributed by atoms with van der Waals surface area (Å²) in [6.45, 7) is 3.05. The Kier molecular flexibility index (Phi) is 8.55. The Bertz CT molecular complexity index is 1270. The van der Waals surface area contributed by atoms with E-state index < -0.39 is 15.9 Å². The molecule has 8 nitrogen and oxygen atoms in total. The normalized spacial score (nSPS) is 12.7. The molecule has 0 aliphatic heterocycles. The van der Waals surface area contributed by atoms with Crippen LogP contribution in [-0.2, 0) is 33.0 Å². The number of hydrogen-bond donors (Lipinski definition) is 0. The monoisotopic (exact) mass is 491 g/mol. The quantitative estimate of drug-likeness (QED) is 0.435. The predicted molar refractivity (Wildman–Crippen MR) is 129 cm³/mol. The third-order valence-corrected chi connectivity index (χ3v) is 8.32. The van der Waals surface area contributed by atoms with Crippen LogP contribution in [0.2, 0.25) is 0 Å². The van der Waals surface area contributed by atoms with E-state index in [1.807, 2.05) is 17.7 Å². The summed E-state index contributed by atoms with van der Waals surface area (Å²) in [6.07, 6.45) is 0.937. The van der Waals surface area contributed by atoms with Crippen LogP contribution in [0, 0.1) is 0 Å². The lowest BCUT2D eigenvalue weighted by Gasteiger charge is -2.21. The van der Waals surface area contributed by atoms with Gasteiger partial charge in [0, 0.05) is 39.9 Å². The van der Waals surface area contributed by atoms with Crippen molar-refractivity contribution in [1.82, 2.24) is 8.87 Å². The Morgan fingerprint density at radius 2 is 1.70 bits per heavy atom. The molecule has 10 heteroatoms. The number of nitrogens with zero attached hydrogens (tertiary/aromatic N) is 3. The van der Waals surface area contributed by atoms with E-state index in [1.165, 1.54) is 59.7 Å². The SMILES string of the molecule is CCc1ccc2c(c1)sc(=NC(=O)c1ccc(S(=O)(=O)N(CCOC)CCOC)cc1)n2C. The van der Waals surface area contributed by atoms with E-state index in [2.05, 4.69) is 24.0 Å². The lowest BCUT2D eigenvalue weighted by molar-refractivity contribution is 0.0998. The summed E-state index contributed by atoms with van der Waals surface area (Å²) in [5.41, 5.74) is 2.56. The van der Waals surface area contributed by atoms with Crippen LogP contribution in [0.3, 0.4) is 0 Å². The van der Waals surface area contributed by atoms with E-state index in [9.17, 15) is 13.2 Å². The number of benzene rings is 2.